The summed E-state index contributed by atoms with van der Waals surface area (Å²) in [6.45, 7) is 7.88. The molecule has 1 atom stereocenters. The van der Waals surface area contributed by atoms with Crippen LogP contribution in [0, 0.1) is 12.8 Å². The van der Waals surface area contributed by atoms with Gasteiger partial charge >= 0.3 is 0 Å². The fourth-order valence-electron chi connectivity index (χ4n) is 3.66. The minimum Gasteiger partial charge on any atom is -0.328 e. The maximum atomic E-state index is 4.72. The Hall–Kier alpha value is -1.61. The Kier molecular flexibility index (Phi) is 3.53. The molecule has 1 saturated heterocycles. The highest BCUT2D eigenvalue weighted by Gasteiger charge is 2.40. The van der Waals surface area contributed by atoms with Gasteiger partial charge in [0.05, 0.1) is 0 Å². The van der Waals surface area contributed by atoms with Gasteiger partial charge in [0.2, 0.25) is 0 Å². The molecular formula is C19H25N3. The van der Waals surface area contributed by atoms with Crippen LogP contribution in [0.1, 0.15) is 42.8 Å². The molecule has 1 aliphatic carbocycles. The van der Waals surface area contributed by atoms with E-state index in [1.165, 1.54) is 43.0 Å². The minimum atomic E-state index is 0.610. The molecule has 1 aromatic carbocycles. The Bertz CT molecular complexity index is 636. The van der Waals surface area contributed by atoms with E-state index in [4.69, 9.17) is 4.98 Å². The third-order valence-electron chi connectivity index (χ3n) is 5.42. The first-order chi connectivity index (χ1) is 10.7. The highest BCUT2D eigenvalue weighted by molar-refractivity contribution is 5.20. The van der Waals surface area contributed by atoms with Crippen LogP contribution >= 0.6 is 0 Å². The molecule has 0 radical (unpaired) electrons. The van der Waals surface area contributed by atoms with Gasteiger partial charge in [-0.1, -0.05) is 30.3 Å². The Balaban J connectivity index is 1.47. The van der Waals surface area contributed by atoms with Gasteiger partial charge in [-0.15, -0.1) is 0 Å². The Morgan fingerprint density at radius 1 is 1.18 bits per heavy atom. The lowest BCUT2D eigenvalue weighted by Gasteiger charge is -2.43. The summed E-state index contributed by atoms with van der Waals surface area (Å²) in [6.07, 6.45) is 4.90. The molecule has 4 rings (SSSR count). The van der Waals surface area contributed by atoms with Crippen LogP contribution < -0.4 is 0 Å². The van der Waals surface area contributed by atoms with Crippen molar-refractivity contribution in [1.82, 2.24) is 14.5 Å². The predicted octanol–water partition coefficient (Wildman–Crippen LogP) is 3.44. The number of benzene rings is 1. The van der Waals surface area contributed by atoms with Gasteiger partial charge in [-0.05, 0) is 38.2 Å². The molecule has 1 aliphatic heterocycles. The van der Waals surface area contributed by atoms with Gasteiger partial charge < -0.3 is 4.57 Å². The summed E-state index contributed by atoms with van der Waals surface area (Å²) in [5.74, 6) is 2.85. The average Bonchev–Trinajstić information content (AvgIpc) is 3.27. The van der Waals surface area contributed by atoms with Crippen molar-refractivity contribution in [3.8, 4) is 0 Å². The number of nitrogens with zero attached hydrogens (tertiary/aromatic N) is 3. The molecule has 116 valence electrons. The highest BCUT2D eigenvalue weighted by Crippen LogP contribution is 2.39. The molecule has 0 N–H and O–H groups in total. The van der Waals surface area contributed by atoms with E-state index >= 15 is 0 Å². The third-order valence-corrected chi connectivity index (χ3v) is 5.42. The molecule has 0 unspecified atom stereocenters. The van der Waals surface area contributed by atoms with Crippen LogP contribution in [0.3, 0.4) is 0 Å². The van der Waals surface area contributed by atoms with E-state index in [1.54, 1.807) is 0 Å². The fourth-order valence-corrected chi connectivity index (χ4v) is 3.66. The summed E-state index contributed by atoms with van der Waals surface area (Å²) in [6, 6.07) is 11.5. The van der Waals surface area contributed by atoms with Gasteiger partial charge in [0, 0.05) is 43.5 Å². The van der Waals surface area contributed by atoms with Crippen LogP contribution in [0.5, 0.6) is 0 Å². The van der Waals surface area contributed by atoms with Crippen molar-refractivity contribution >= 4 is 0 Å². The van der Waals surface area contributed by atoms with Crippen molar-refractivity contribution in [2.24, 2.45) is 5.92 Å². The Labute approximate surface area is 133 Å². The van der Waals surface area contributed by atoms with Crippen molar-refractivity contribution in [3.63, 3.8) is 0 Å². The number of likely N-dealkylation sites (tertiary alicyclic amines) is 1. The zero-order chi connectivity index (χ0) is 15.1. The highest BCUT2D eigenvalue weighted by atomic mass is 15.2. The molecule has 1 aromatic heterocycles. The van der Waals surface area contributed by atoms with Crippen LogP contribution in [-0.2, 0) is 6.54 Å². The summed E-state index contributed by atoms with van der Waals surface area (Å²) < 4.78 is 2.40. The number of aromatic nitrogens is 2. The maximum Gasteiger partial charge on any atom is 0.114 e. The standard InChI is InChI=1S/C19H25N3/c1-14-10-20-19(22(14)11-16-6-4-3-5-7-16)18-12-21(13-18)15(2)17-8-9-17/h3-7,10,15,17-18H,8-9,11-13H2,1-2H3/t15-/m0/s1. The van der Waals surface area contributed by atoms with Crippen LogP contribution in [0.15, 0.2) is 36.5 Å². The second kappa shape index (κ2) is 5.54. The number of imidazole rings is 1. The summed E-state index contributed by atoms with van der Waals surface area (Å²) >= 11 is 0. The van der Waals surface area contributed by atoms with Gasteiger partial charge in [-0.3, -0.25) is 4.90 Å². The van der Waals surface area contributed by atoms with E-state index in [1.807, 2.05) is 6.20 Å². The number of hydrogen-bond acceptors (Lipinski definition) is 2. The molecule has 2 aromatic rings. The monoisotopic (exact) mass is 295 g/mol. The molecule has 22 heavy (non-hydrogen) atoms. The quantitative estimate of drug-likeness (QED) is 0.842. The van der Waals surface area contributed by atoms with E-state index in [-0.39, 0.29) is 0 Å². The maximum absolute atomic E-state index is 4.72. The van der Waals surface area contributed by atoms with E-state index in [0.29, 0.717) is 5.92 Å². The van der Waals surface area contributed by atoms with Crippen LogP contribution in [0.2, 0.25) is 0 Å². The number of hydrogen-bond donors (Lipinski definition) is 0. The normalized spacial score (nSPS) is 20.8. The molecule has 0 spiro atoms. The topological polar surface area (TPSA) is 21.1 Å². The lowest BCUT2D eigenvalue weighted by atomic mass is 9.95. The van der Waals surface area contributed by atoms with Gasteiger partial charge in [-0.2, -0.15) is 0 Å². The molecule has 1 saturated carbocycles. The third kappa shape index (κ3) is 2.58. The molecule has 2 fully saturated rings. The van der Waals surface area contributed by atoms with Crippen molar-refractivity contribution in [2.75, 3.05) is 13.1 Å². The fraction of sp³-hybridized carbons (Fsp3) is 0.526. The van der Waals surface area contributed by atoms with Gasteiger partial charge in [0.1, 0.15) is 5.82 Å². The Morgan fingerprint density at radius 2 is 1.91 bits per heavy atom. The summed E-state index contributed by atoms with van der Waals surface area (Å²) in [4.78, 5) is 7.36. The lowest BCUT2D eigenvalue weighted by Crippen LogP contribution is -2.51. The average molecular weight is 295 g/mol. The molecule has 0 bridgehead atoms. The van der Waals surface area contributed by atoms with E-state index in [9.17, 15) is 0 Å². The molecule has 2 aliphatic rings. The van der Waals surface area contributed by atoms with Crippen molar-refractivity contribution < 1.29 is 0 Å². The van der Waals surface area contributed by atoms with Crippen LogP contribution in [-0.4, -0.2) is 33.6 Å². The minimum absolute atomic E-state index is 0.610. The Morgan fingerprint density at radius 3 is 2.59 bits per heavy atom. The number of rotatable bonds is 5. The molecule has 0 amide bonds. The van der Waals surface area contributed by atoms with Crippen molar-refractivity contribution in [3.05, 3.63) is 53.6 Å². The second-order valence-electron chi connectivity index (χ2n) is 7.06. The molecular weight excluding hydrogens is 270 g/mol. The molecule has 2 heterocycles. The van der Waals surface area contributed by atoms with E-state index in [2.05, 4.69) is 53.6 Å². The summed E-state index contributed by atoms with van der Waals surface area (Å²) in [7, 11) is 0. The van der Waals surface area contributed by atoms with Crippen LogP contribution in [0.4, 0.5) is 0 Å². The largest absolute Gasteiger partial charge is 0.328 e. The first-order valence-corrected chi connectivity index (χ1v) is 8.52. The van der Waals surface area contributed by atoms with E-state index < -0.39 is 0 Å². The summed E-state index contributed by atoms with van der Waals surface area (Å²) in [5.41, 5.74) is 2.62. The first-order valence-electron chi connectivity index (χ1n) is 8.52. The predicted molar refractivity (Wildman–Crippen MR) is 89.0 cm³/mol. The first kappa shape index (κ1) is 14.0. The lowest BCUT2D eigenvalue weighted by molar-refractivity contribution is 0.0834. The molecule has 3 heteroatoms. The van der Waals surface area contributed by atoms with Crippen LogP contribution in [0.25, 0.3) is 0 Å². The van der Waals surface area contributed by atoms with Crippen molar-refractivity contribution in [2.45, 2.75) is 45.2 Å². The second-order valence-corrected chi connectivity index (χ2v) is 7.06. The van der Waals surface area contributed by atoms with Gasteiger partial charge in [0.25, 0.3) is 0 Å². The SMILES string of the molecule is Cc1cnc(C2CN([C@@H](C)C3CC3)C2)n1Cc1ccccc1. The number of aryl methyl sites for hydroxylation is 1. The summed E-state index contributed by atoms with van der Waals surface area (Å²) in [5, 5.41) is 0. The van der Waals surface area contributed by atoms with E-state index in [0.717, 1.165) is 18.5 Å². The smallest absolute Gasteiger partial charge is 0.114 e. The van der Waals surface area contributed by atoms with Crippen molar-refractivity contribution in [1.29, 1.82) is 0 Å². The van der Waals surface area contributed by atoms with Gasteiger partial charge in [0.15, 0.2) is 0 Å². The molecule has 3 nitrogen and oxygen atoms in total. The van der Waals surface area contributed by atoms with Gasteiger partial charge in [-0.25, -0.2) is 4.98 Å². The zero-order valence-electron chi connectivity index (χ0n) is 13.6. The zero-order valence-corrected chi connectivity index (χ0v) is 13.6.